The van der Waals surface area contributed by atoms with Gasteiger partial charge >= 0.3 is 0 Å². The van der Waals surface area contributed by atoms with Crippen molar-refractivity contribution in [2.75, 3.05) is 16.8 Å². The number of benzene rings is 1. The lowest BCUT2D eigenvalue weighted by atomic mass is 10.0. The van der Waals surface area contributed by atoms with Gasteiger partial charge in [0.1, 0.15) is 11.2 Å². The van der Waals surface area contributed by atoms with Crippen LogP contribution in [0, 0.1) is 12.3 Å². The summed E-state index contributed by atoms with van der Waals surface area (Å²) >= 11 is 1.81. The van der Waals surface area contributed by atoms with E-state index in [0.717, 1.165) is 11.5 Å². The average Bonchev–Trinajstić information content (AvgIpc) is 3.05. The van der Waals surface area contributed by atoms with Crippen LogP contribution in [0.25, 0.3) is 11.1 Å². The standard InChI is InChI=1S/C22H25N5O2S/c1-12(2)25-16-8-14(21(28)27-22(4)10-30-11-22)9-24-20(16)18(23)15-6-5-7-17-19(15)26-13(3)29-17/h5-9,12,23,25H,10-11H2,1-4H3,(H,27,28). The third-order valence-corrected chi connectivity index (χ3v) is 6.57. The average molecular weight is 424 g/mol. The zero-order chi connectivity index (χ0) is 21.5. The molecule has 3 aromatic rings. The number of amides is 1. The van der Waals surface area contributed by atoms with Crippen LogP contribution in [-0.4, -0.2) is 44.7 Å². The molecule has 1 fully saturated rings. The summed E-state index contributed by atoms with van der Waals surface area (Å²) < 4.78 is 5.60. The zero-order valence-corrected chi connectivity index (χ0v) is 18.3. The number of nitrogens with one attached hydrogen (secondary N) is 3. The molecule has 1 aliphatic rings. The minimum absolute atomic E-state index is 0.113. The molecule has 7 nitrogen and oxygen atoms in total. The van der Waals surface area contributed by atoms with Crippen molar-refractivity contribution in [1.82, 2.24) is 15.3 Å². The van der Waals surface area contributed by atoms with Gasteiger partial charge in [-0.05, 0) is 32.9 Å². The van der Waals surface area contributed by atoms with E-state index in [1.165, 1.54) is 6.20 Å². The van der Waals surface area contributed by atoms with E-state index < -0.39 is 0 Å². The van der Waals surface area contributed by atoms with Crippen molar-refractivity contribution in [3.8, 4) is 0 Å². The third kappa shape index (κ3) is 3.92. The molecular formula is C22H25N5O2S. The number of pyridine rings is 1. The van der Waals surface area contributed by atoms with Crippen molar-refractivity contribution >= 4 is 40.2 Å². The zero-order valence-electron chi connectivity index (χ0n) is 17.5. The van der Waals surface area contributed by atoms with Crippen LogP contribution in [0.4, 0.5) is 5.69 Å². The smallest absolute Gasteiger partial charge is 0.253 e. The molecule has 1 amide bonds. The first-order valence-corrected chi connectivity index (χ1v) is 11.0. The Labute approximate surface area is 179 Å². The molecule has 0 unspecified atom stereocenters. The summed E-state index contributed by atoms with van der Waals surface area (Å²) in [5.41, 5.74) is 3.56. The molecule has 0 radical (unpaired) electrons. The third-order valence-electron chi connectivity index (χ3n) is 4.88. The molecular weight excluding hydrogens is 398 g/mol. The van der Waals surface area contributed by atoms with Crippen LogP contribution < -0.4 is 10.6 Å². The molecule has 0 spiro atoms. The Kier molecular flexibility index (Phi) is 5.27. The molecule has 0 atom stereocenters. The Morgan fingerprint density at radius 3 is 2.77 bits per heavy atom. The van der Waals surface area contributed by atoms with Gasteiger partial charge in [0.05, 0.1) is 22.5 Å². The highest BCUT2D eigenvalue weighted by atomic mass is 32.2. The summed E-state index contributed by atoms with van der Waals surface area (Å²) in [5.74, 6) is 2.22. The Balaban J connectivity index is 1.71. The number of hydrogen-bond acceptors (Lipinski definition) is 7. The van der Waals surface area contributed by atoms with Gasteiger partial charge < -0.3 is 15.1 Å². The molecule has 8 heteroatoms. The maximum atomic E-state index is 12.8. The lowest BCUT2D eigenvalue weighted by molar-refractivity contribution is 0.0918. The Morgan fingerprint density at radius 1 is 1.33 bits per heavy atom. The highest BCUT2D eigenvalue weighted by molar-refractivity contribution is 8.00. The minimum atomic E-state index is -0.167. The number of anilines is 1. The lowest BCUT2D eigenvalue weighted by Gasteiger charge is -2.38. The molecule has 30 heavy (non-hydrogen) atoms. The normalized spacial score (nSPS) is 15.1. The van der Waals surface area contributed by atoms with E-state index in [1.807, 2.05) is 50.7 Å². The van der Waals surface area contributed by atoms with Gasteiger partial charge in [-0.25, -0.2) is 4.98 Å². The number of nitrogens with zero attached hydrogens (tertiary/aromatic N) is 2. The van der Waals surface area contributed by atoms with Gasteiger partial charge in [-0.3, -0.25) is 15.2 Å². The van der Waals surface area contributed by atoms with E-state index in [-0.39, 0.29) is 23.2 Å². The Bertz CT molecular complexity index is 1130. The van der Waals surface area contributed by atoms with Crippen LogP contribution in [-0.2, 0) is 0 Å². The summed E-state index contributed by atoms with van der Waals surface area (Å²) in [6, 6.07) is 7.39. The van der Waals surface area contributed by atoms with Gasteiger partial charge in [0, 0.05) is 36.2 Å². The molecule has 156 valence electrons. The fourth-order valence-corrected chi connectivity index (χ4v) is 4.39. The first-order chi connectivity index (χ1) is 14.3. The summed E-state index contributed by atoms with van der Waals surface area (Å²) in [6.07, 6.45) is 1.54. The molecule has 1 aliphatic heterocycles. The molecule has 2 aromatic heterocycles. The summed E-state index contributed by atoms with van der Waals surface area (Å²) in [4.78, 5) is 21.7. The van der Waals surface area contributed by atoms with E-state index in [2.05, 4.69) is 20.6 Å². The van der Waals surface area contributed by atoms with Gasteiger partial charge in [0.15, 0.2) is 11.5 Å². The number of thioether (sulfide) groups is 1. The lowest BCUT2D eigenvalue weighted by Crippen LogP contribution is -2.55. The van der Waals surface area contributed by atoms with E-state index in [1.54, 1.807) is 13.0 Å². The first kappa shape index (κ1) is 20.4. The molecule has 0 aliphatic carbocycles. The van der Waals surface area contributed by atoms with Crippen molar-refractivity contribution in [2.45, 2.75) is 39.3 Å². The van der Waals surface area contributed by atoms with Crippen LogP contribution in [0.3, 0.4) is 0 Å². The number of oxazole rings is 1. The Morgan fingerprint density at radius 2 is 2.10 bits per heavy atom. The van der Waals surface area contributed by atoms with Crippen molar-refractivity contribution in [3.63, 3.8) is 0 Å². The second-order valence-corrected chi connectivity index (χ2v) is 9.17. The SMILES string of the molecule is Cc1nc2c(C(=N)c3ncc(C(=O)NC4(C)CSC4)cc3NC(C)C)cccc2o1. The van der Waals surface area contributed by atoms with Gasteiger partial charge in [-0.1, -0.05) is 12.1 Å². The largest absolute Gasteiger partial charge is 0.441 e. The second-order valence-electron chi connectivity index (χ2n) is 8.19. The molecule has 0 saturated carbocycles. The summed E-state index contributed by atoms with van der Waals surface area (Å²) in [6.45, 7) is 7.85. The van der Waals surface area contributed by atoms with E-state index >= 15 is 0 Å². The monoisotopic (exact) mass is 423 g/mol. The predicted octanol–water partition coefficient (Wildman–Crippen LogP) is 4.00. The molecule has 4 rings (SSSR count). The van der Waals surface area contributed by atoms with Crippen LogP contribution in [0.15, 0.2) is 34.9 Å². The molecule has 1 aromatic carbocycles. The number of hydrogen-bond donors (Lipinski definition) is 3. The highest BCUT2D eigenvalue weighted by Gasteiger charge is 2.34. The fourth-order valence-electron chi connectivity index (χ4n) is 3.42. The number of para-hydroxylation sites is 1. The number of carbonyl (C=O) groups excluding carboxylic acids is 1. The maximum Gasteiger partial charge on any atom is 0.253 e. The number of fused-ring (bicyclic) bond motifs is 1. The van der Waals surface area contributed by atoms with Crippen LogP contribution >= 0.6 is 11.8 Å². The molecule has 1 saturated heterocycles. The first-order valence-electron chi connectivity index (χ1n) is 9.88. The van der Waals surface area contributed by atoms with Gasteiger partial charge in [0.25, 0.3) is 5.91 Å². The van der Waals surface area contributed by atoms with Gasteiger partial charge in [0.2, 0.25) is 0 Å². The van der Waals surface area contributed by atoms with Crippen LogP contribution in [0.5, 0.6) is 0 Å². The second kappa shape index (κ2) is 7.75. The van der Waals surface area contributed by atoms with Crippen molar-refractivity contribution < 1.29 is 9.21 Å². The number of aromatic nitrogens is 2. The van der Waals surface area contributed by atoms with Gasteiger partial charge in [-0.2, -0.15) is 11.8 Å². The number of rotatable bonds is 6. The summed E-state index contributed by atoms with van der Waals surface area (Å²) in [5, 5.41) is 15.2. The van der Waals surface area contributed by atoms with Crippen molar-refractivity contribution in [1.29, 1.82) is 5.41 Å². The van der Waals surface area contributed by atoms with Crippen LogP contribution in [0.2, 0.25) is 0 Å². The predicted molar refractivity (Wildman–Crippen MR) is 121 cm³/mol. The summed E-state index contributed by atoms with van der Waals surface area (Å²) in [7, 11) is 0. The Hall–Kier alpha value is -2.87. The number of carbonyl (C=O) groups is 1. The van der Waals surface area contributed by atoms with E-state index in [0.29, 0.717) is 39.5 Å². The van der Waals surface area contributed by atoms with E-state index in [4.69, 9.17) is 9.83 Å². The van der Waals surface area contributed by atoms with E-state index in [9.17, 15) is 4.79 Å². The fraction of sp³-hybridized carbons (Fsp3) is 0.364. The quantitative estimate of drug-likeness (QED) is 0.518. The van der Waals surface area contributed by atoms with Crippen LogP contribution in [0.1, 0.15) is 48.3 Å². The molecule has 0 bridgehead atoms. The highest BCUT2D eigenvalue weighted by Crippen LogP contribution is 2.29. The maximum absolute atomic E-state index is 12.8. The molecule has 3 heterocycles. The van der Waals surface area contributed by atoms with Crippen molar-refractivity contribution in [3.05, 3.63) is 53.2 Å². The van der Waals surface area contributed by atoms with Gasteiger partial charge in [-0.15, -0.1) is 0 Å². The topological polar surface area (TPSA) is 104 Å². The van der Waals surface area contributed by atoms with Crippen molar-refractivity contribution in [2.24, 2.45) is 0 Å². The minimum Gasteiger partial charge on any atom is -0.441 e. The number of aryl methyl sites for hydroxylation is 1. The molecule has 3 N–H and O–H groups in total.